The molecule has 0 aromatic heterocycles. The molecule has 0 aliphatic carbocycles. The molecule has 0 atom stereocenters. The van der Waals surface area contributed by atoms with Crippen LogP contribution in [0.2, 0.25) is 5.02 Å². The molecule has 2 N–H and O–H groups in total. The first-order valence-electron chi connectivity index (χ1n) is 3.32. The number of hydrogen-bond acceptors (Lipinski definition) is 1. The van der Waals surface area contributed by atoms with E-state index in [4.69, 9.17) is 17.3 Å². The van der Waals surface area contributed by atoms with E-state index in [1.54, 1.807) is 0 Å². The Kier molecular flexibility index (Phi) is 2.65. The van der Waals surface area contributed by atoms with Gasteiger partial charge in [0.05, 0.1) is 6.42 Å². The van der Waals surface area contributed by atoms with Gasteiger partial charge < -0.3 is 5.73 Å². The molecule has 64 valence electrons. The smallest absolute Gasteiger partial charge is 0.221 e. The number of rotatable bonds is 2. The van der Waals surface area contributed by atoms with Crippen molar-refractivity contribution in [1.82, 2.24) is 0 Å². The highest BCUT2D eigenvalue weighted by molar-refractivity contribution is 6.31. The predicted octanol–water partition coefficient (Wildman–Crippen LogP) is 1.51. The number of primary amides is 1. The van der Waals surface area contributed by atoms with Crippen molar-refractivity contribution in [2.24, 2.45) is 5.73 Å². The third kappa shape index (κ3) is 2.20. The molecule has 0 heterocycles. The number of amides is 1. The van der Waals surface area contributed by atoms with E-state index in [1.165, 1.54) is 18.2 Å². The van der Waals surface area contributed by atoms with Gasteiger partial charge in [0, 0.05) is 5.02 Å². The molecular weight excluding hydrogens is 181 g/mol. The zero-order chi connectivity index (χ0) is 9.14. The van der Waals surface area contributed by atoms with E-state index in [0.717, 1.165) is 0 Å². The molecule has 0 bridgehead atoms. The Labute approximate surface area is 74.1 Å². The van der Waals surface area contributed by atoms with Crippen LogP contribution in [0.5, 0.6) is 0 Å². The summed E-state index contributed by atoms with van der Waals surface area (Å²) in [7, 11) is 0. The second-order valence-electron chi connectivity index (χ2n) is 2.38. The van der Waals surface area contributed by atoms with Crippen molar-refractivity contribution >= 4 is 17.5 Å². The van der Waals surface area contributed by atoms with Crippen molar-refractivity contribution in [1.29, 1.82) is 0 Å². The Morgan fingerprint density at radius 3 is 2.83 bits per heavy atom. The summed E-state index contributed by atoms with van der Waals surface area (Å²) in [4.78, 5) is 10.5. The minimum atomic E-state index is -0.525. The van der Waals surface area contributed by atoms with Crippen LogP contribution in [0, 0.1) is 5.82 Å². The number of carbonyl (C=O) groups excluding carboxylic acids is 1. The quantitative estimate of drug-likeness (QED) is 0.749. The van der Waals surface area contributed by atoms with Crippen LogP contribution >= 0.6 is 11.6 Å². The second kappa shape index (κ2) is 3.54. The Bertz CT molecular complexity index is 314. The van der Waals surface area contributed by atoms with Gasteiger partial charge in [0.2, 0.25) is 5.91 Å². The Morgan fingerprint density at radius 2 is 2.25 bits per heavy atom. The summed E-state index contributed by atoms with van der Waals surface area (Å²) < 4.78 is 12.6. The second-order valence-corrected chi connectivity index (χ2v) is 2.79. The normalized spacial score (nSPS) is 9.83. The van der Waals surface area contributed by atoms with Crippen molar-refractivity contribution in [2.45, 2.75) is 6.42 Å². The first kappa shape index (κ1) is 9.00. The van der Waals surface area contributed by atoms with Crippen molar-refractivity contribution in [3.8, 4) is 0 Å². The number of hydrogen-bond donors (Lipinski definition) is 1. The number of nitrogens with two attached hydrogens (primary N) is 1. The minimum absolute atomic E-state index is 0.0312. The van der Waals surface area contributed by atoms with Crippen LogP contribution in [0.25, 0.3) is 0 Å². The molecule has 0 saturated carbocycles. The topological polar surface area (TPSA) is 43.1 Å². The molecule has 0 fully saturated rings. The first-order valence-corrected chi connectivity index (χ1v) is 3.69. The molecule has 1 amide bonds. The maximum atomic E-state index is 12.6. The minimum Gasteiger partial charge on any atom is -0.369 e. The molecule has 0 aliphatic rings. The molecule has 0 aliphatic heterocycles. The Balaban J connectivity index is 2.97. The van der Waals surface area contributed by atoms with Crippen LogP contribution in [-0.4, -0.2) is 5.91 Å². The maximum Gasteiger partial charge on any atom is 0.221 e. The summed E-state index contributed by atoms with van der Waals surface area (Å²) in [6.45, 7) is 0. The molecule has 0 saturated heterocycles. The molecule has 1 rings (SSSR count). The monoisotopic (exact) mass is 187 g/mol. The van der Waals surface area contributed by atoms with Gasteiger partial charge in [-0.25, -0.2) is 4.39 Å². The molecule has 2 nitrogen and oxygen atoms in total. The SMILES string of the molecule is NC(=O)Cc1cc(F)ccc1Cl. The van der Waals surface area contributed by atoms with E-state index in [-0.39, 0.29) is 6.42 Å². The summed E-state index contributed by atoms with van der Waals surface area (Å²) in [5.41, 5.74) is 5.34. The largest absolute Gasteiger partial charge is 0.369 e. The van der Waals surface area contributed by atoms with E-state index in [2.05, 4.69) is 0 Å². The molecule has 4 heteroatoms. The van der Waals surface area contributed by atoms with Crippen LogP contribution in [0.3, 0.4) is 0 Å². The van der Waals surface area contributed by atoms with Crippen molar-refractivity contribution < 1.29 is 9.18 Å². The maximum absolute atomic E-state index is 12.6. The lowest BCUT2D eigenvalue weighted by atomic mass is 10.1. The highest BCUT2D eigenvalue weighted by Crippen LogP contribution is 2.17. The van der Waals surface area contributed by atoms with E-state index in [0.29, 0.717) is 10.6 Å². The van der Waals surface area contributed by atoms with Gasteiger partial charge >= 0.3 is 0 Å². The summed E-state index contributed by atoms with van der Waals surface area (Å²) >= 11 is 5.67. The van der Waals surface area contributed by atoms with Crippen molar-refractivity contribution in [3.05, 3.63) is 34.6 Å². The van der Waals surface area contributed by atoms with Crippen LogP contribution in [-0.2, 0) is 11.2 Å². The molecule has 0 spiro atoms. The summed E-state index contributed by atoms with van der Waals surface area (Å²) in [6.07, 6.45) is -0.0312. The van der Waals surface area contributed by atoms with E-state index in [9.17, 15) is 9.18 Å². The summed E-state index contributed by atoms with van der Waals surface area (Å²) in [6, 6.07) is 3.83. The van der Waals surface area contributed by atoms with Crippen molar-refractivity contribution in [3.63, 3.8) is 0 Å². The molecule has 0 unspecified atom stereocenters. The highest BCUT2D eigenvalue weighted by Gasteiger charge is 2.04. The average Bonchev–Trinajstić information content (AvgIpc) is 1.96. The van der Waals surface area contributed by atoms with Crippen LogP contribution < -0.4 is 5.73 Å². The fraction of sp³-hybridized carbons (Fsp3) is 0.125. The lowest BCUT2D eigenvalue weighted by Crippen LogP contribution is -2.13. The van der Waals surface area contributed by atoms with Gasteiger partial charge in [0.15, 0.2) is 0 Å². The number of carbonyl (C=O) groups is 1. The summed E-state index contributed by atoms with van der Waals surface area (Å²) in [5.74, 6) is -0.946. The zero-order valence-corrected chi connectivity index (χ0v) is 6.94. The third-order valence-corrected chi connectivity index (χ3v) is 1.74. The van der Waals surface area contributed by atoms with Gasteiger partial charge in [-0.2, -0.15) is 0 Å². The van der Waals surface area contributed by atoms with Gasteiger partial charge in [-0.1, -0.05) is 11.6 Å². The van der Waals surface area contributed by atoms with Gasteiger partial charge in [-0.15, -0.1) is 0 Å². The van der Waals surface area contributed by atoms with Crippen LogP contribution in [0.15, 0.2) is 18.2 Å². The van der Waals surface area contributed by atoms with E-state index in [1.807, 2.05) is 0 Å². The van der Waals surface area contributed by atoms with E-state index >= 15 is 0 Å². The third-order valence-electron chi connectivity index (χ3n) is 1.37. The number of benzene rings is 1. The fourth-order valence-corrected chi connectivity index (χ4v) is 1.05. The van der Waals surface area contributed by atoms with Gasteiger partial charge in [0.25, 0.3) is 0 Å². The Hall–Kier alpha value is -1.09. The number of halogens is 2. The highest BCUT2D eigenvalue weighted by atomic mass is 35.5. The predicted molar refractivity (Wildman–Crippen MR) is 44.3 cm³/mol. The van der Waals surface area contributed by atoms with Crippen molar-refractivity contribution in [2.75, 3.05) is 0 Å². The fourth-order valence-electron chi connectivity index (χ4n) is 0.866. The first-order chi connectivity index (χ1) is 5.59. The van der Waals surface area contributed by atoms with Gasteiger partial charge in [0.1, 0.15) is 5.82 Å². The van der Waals surface area contributed by atoms with Crippen LogP contribution in [0.1, 0.15) is 5.56 Å². The zero-order valence-electron chi connectivity index (χ0n) is 6.18. The average molecular weight is 188 g/mol. The molecule has 1 aromatic carbocycles. The Morgan fingerprint density at radius 1 is 1.58 bits per heavy atom. The standard InChI is InChI=1S/C8H7ClFNO/c9-7-2-1-6(10)3-5(7)4-8(11)12/h1-3H,4H2,(H2,11,12). The lowest BCUT2D eigenvalue weighted by molar-refractivity contribution is -0.117. The van der Waals surface area contributed by atoms with Gasteiger partial charge in [-0.3, -0.25) is 4.79 Å². The molecule has 1 aromatic rings. The van der Waals surface area contributed by atoms with E-state index < -0.39 is 11.7 Å². The molecule has 0 radical (unpaired) electrons. The van der Waals surface area contributed by atoms with Crippen LogP contribution in [0.4, 0.5) is 4.39 Å². The lowest BCUT2D eigenvalue weighted by Gasteiger charge is -2.00. The van der Waals surface area contributed by atoms with Gasteiger partial charge in [-0.05, 0) is 23.8 Å². The molecule has 12 heavy (non-hydrogen) atoms. The summed E-state index contributed by atoms with van der Waals surface area (Å²) in [5, 5.41) is 0.357. The molecular formula is C8H7ClFNO.